The highest BCUT2D eigenvalue weighted by Crippen LogP contribution is 2.15. The molecule has 0 aliphatic rings. The summed E-state index contributed by atoms with van der Waals surface area (Å²) >= 11 is 0. The number of rotatable bonds is 10. The van der Waals surface area contributed by atoms with Crippen LogP contribution in [0, 0.1) is 18.7 Å². The van der Waals surface area contributed by atoms with Crippen molar-refractivity contribution in [3.05, 3.63) is 41.4 Å². The molecule has 1 aromatic rings. The molecule has 0 aliphatic carbocycles. The quantitative estimate of drug-likeness (QED) is 0.342. The molecule has 9 heteroatoms. The van der Waals surface area contributed by atoms with Gasteiger partial charge in [0.05, 0.1) is 23.3 Å². The summed E-state index contributed by atoms with van der Waals surface area (Å²) in [6.45, 7) is 9.02. The van der Waals surface area contributed by atoms with Crippen molar-refractivity contribution in [2.75, 3.05) is 13.6 Å². The Balaban J connectivity index is 3.10. The Labute approximate surface area is 173 Å². The molecule has 0 heterocycles. The summed E-state index contributed by atoms with van der Waals surface area (Å²) in [4.78, 5) is 17.7. The molecule has 0 saturated carbocycles. The molecule has 0 aliphatic heterocycles. The second kappa shape index (κ2) is 11.1. The van der Waals surface area contributed by atoms with Gasteiger partial charge in [0.2, 0.25) is 15.9 Å². The Morgan fingerprint density at radius 2 is 2.00 bits per heavy atom. The number of halogens is 1. The van der Waals surface area contributed by atoms with Gasteiger partial charge in [0.1, 0.15) is 5.82 Å². The van der Waals surface area contributed by atoms with Gasteiger partial charge >= 0.3 is 0 Å². The second-order valence-electron chi connectivity index (χ2n) is 6.92. The predicted molar refractivity (Wildman–Crippen MR) is 113 cm³/mol. The van der Waals surface area contributed by atoms with Crippen LogP contribution < -0.4 is 10.0 Å². The van der Waals surface area contributed by atoms with Crippen molar-refractivity contribution < 1.29 is 17.6 Å². The first kappa shape index (κ1) is 24.8. The summed E-state index contributed by atoms with van der Waals surface area (Å²) in [7, 11) is -2.42. The zero-order valence-corrected chi connectivity index (χ0v) is 18.7. The lowest BCUT2D eigenvalue weighted by Gasteiger charge is -2.29. The van der Waals surface area contributed by atoms with Crippen LogP contribution in [0.2, 0.25) is 0 Å². The molecule has 0 aromatic heterocycles. The van der Waals surface area contributed by atoms with Gasteiger partial charge in [0.25, 0.3) is 0 Å². The molecule has 29 heavy (non-hydrogen) atoms. The fraction of sp³-hybridized carbons (Fsp3) is 0.500. The summed E-state index contributed by atoms with van der Waals surface area (Å²) < 4.78 is 41.7. The van der Waals surface area contributed by atoms with Crippen LogP contribution in [-0.2, 0) is 14.8 Å². The average molecular weight is 427 g/mol. The first-order valence-corrected chi connectivity index (χ1v) is 11.0. The maximum absolute atomic E-state index is 13.8. The first-order chi connectivity index (χ1) is 13.5. The fourth-order valence-corrected chi connectivity index (χ4v) is 3.79. The number of hydrogen-bond acceptors (Lipinski definition) is 4. The lowest BCUT2D eigenvalue weighted by Crippen LogP contribution is -2.48. The molecule has 0 bridgehead atoms. The minimum atomic E-state index is -3.96. The molecule has 0 fully saturated rings. The first-order valence-electron chi connectivity index (χ1n) is 9.48. The van der Waals surface area contributed by atoms with Gasteiger partial charge in [-0.25, -0.2) is 17.8 Å². The number of carbonyl (C=O) groups is 1. The molecule has 0 saturated heterocycles. The fourth-order valence-electron chi connectivity index (χ4n) is 2.57. The summed E-state index contributed by atoms with van der Waals surface area (Å²) in [5, 5.41) is 2.58. The highest BCUT2D eigenvalue weighted by molar-refractivity contribution is 7.89. The number of amides is 1. The zero-order chi connectivity index (χ0) is 22.2. The third-order valence-corrected chi connectivity index (χ3v) is 5.89. The lowest BCUT2D eigenvalue weighted by atomic mass is 10.1. The van der Waals surface area contributed by atoms with Gasteiger partial charge in [0, 0.05) is 19.3 Å². The van der Waals surface area contributed by atoms with Crippen molar-refractivity contribution in [3.8, 4) is 0 Å². The molecule has 1 unspecified atom stereocenters. The third-order valence-electron chi connectivity index (χ3n) is 4.36. The van der Waals surface area contributed by atoms with Crippen molar-refractivity contribution in [1.29, 1.82) is 0 Å². The van der Waals surface area contributed by atoms with Gasteiger partial charge in [0.15, 0.2) is 0 Å². The van der Waals surface area contributed by atoms with E-state index < -0.39 is 27.9 Å². The van der Waals surface area contributed by atoms with E-state index >= 15 is 0 Å². The predicted octanol–water partition coefficient (Wildman–Crippen LogP) is 2.78. The lowest BCUT2D eigenvalue weighted by molar-refractivity contribution is -0.124. The number of hydrogen-bond donors (Lipinski definition) is 2. The van der Waals surface area contributed by atoms with Crippen molar-refractivity contribution in [2.45, 2.75) is 52.1 Å². The number of aryl methyl sites for hydroxylation is 1. The number of sulfonamides is 1. The van der Waals surface area contributed by atoms with Crippen LogP contribution in [0.4, 0.5) is 4.39 Å². The molecule has 1 amide bonds. The minimum absolute atomic E-state index is 0.161. The Bertz CT molecular complexity index is 868. The van der Waals surface area contributed by atoms with Gasteiger partial charge in [-0.1, -0.05) is 26.0 Å². The average Bonchev–Trinajstić information content (AvgIpc) is 2.65. The maximum Gasteiger partial charge on any atom is 0.242 e. The molecular formula is C20H31FN4O3S. The summed E-state index contributed by atoms with van der Waals surface area (Å²) in [6.07, 6.45) is 3.55. The van der Waals surface area contributed by atoms with Gasteiger partial charge in [-0.2, -0.15) is 4.72 Å². The van der Waals surface area contributed by atoms with Gasteiger partial charge < -0.3 is 10.2 Å². The van der Waals surface area contributed by atoms with Crippen LogP contribution in [0.5, 0.6) is 0 Å². The number of benzene rings is 1. The second-order valence-corrected chi connectivity index (χ2v) is 8.63. The summed E-state index contributed by atoms with van der Waals surface area (Å²) in [6, 6.07) is 3.76. The molecule has 2 atom stereocenters. The Morgan fingerprint density at radius 1 is 1.34 bits per heavy atom. The molecule has 0 spiro atoms. The monoisotopic (exact) mass is 426 g/mol. The molecule has 1 aromatic carbocycles. The highest BCUT2D eigenvalue weighted by atomic mass is 32.2. The SMILES string of the molecule is CC/C=C(C)/N=C\N(C[C@@H](C)C(=O)NC)C(C)NS(=O)(=O)c1ccc(C)c(F)c1. The van der Waals surface area contributed by atoms with E-state index in [2.05, 4.69) is 15.0 Å². The van der Waals surface area contributed by atoms with Gasteiger partial charge in [-0.15, -0.1) is 0 Å². The standard InChI is InChI=1S/C20H31FN4O3S/c1-7-8-16(4)23-13-25(12-15(3)20(26)22-6)17(5)24-29(27,28)18-10-9-14(2)19(21)11-18/h8-11,13,15,17,24H,7,12H2,1-6H3,(H,22,26)/b16-8+,23-13-/t15-,17?/m1/s1. The highest BCUT2D eigenvalue weighted by Gasteiger charge is 2.24. The van der Waals surface area contributed by atoms with Crippen molar-refractivity contribution in [3.63, 3.8) is 0 Å². The Hall–Kier alpha value is -2.26. The zero-order valence-electron chi connectivity index (χ0n) is 17.9. The summed E-state index contributed by atoms with van der Waals surface area (Å²) in [5.41, 5.74) is 1.14. The number of carbonyl (C=O) groups excluding carboxylic acids is 1. The van der Waals surface area contributed by atoms with Crippen LogP contribution in [-0.4, -0.2) is 45.3 Å². The van der Waals surface area contributed by atoms with E-state index in [9.17, 15) is 17.6 Å². The maximum atomic E-state index is 13.8. The van der Waals surface area contributed by atoms with Crippen LogP contribution in [0.3, 0.4) is 0 Å². The number of aliphatic imine (C=N–C) groups is 1. The normalized spacial score (nSPS) is 14.7. The van der Waals surface area contributed by atoms with E-state index in [1.165, 1.54) is 18.5 Å². The van der Waals surface area contributed by atoms with Crippen LogP contribution in [0.15, 0.2) is 39.9 Å². The van der Waals surface area contributed by atoms with Crippen LogP contribution in [0.25, 0.3) is 0 Å². The van der Waals surface area contributed by atoms with E-state index in [-0.39, 0.29) is 17.3 Å². The number of allylic oxidation sites excluding steroid dienone is 2. The molecule has 7 nitrogen and oxygen atoms in total. The van der Waals surface area contributed by atoms with Crippen molar-refractivity contribution in [2.24, 2.45) is 10.9 Å². The molecule has 0 radical (unpaired) electrons. The van der Waals surface area contributed by atoms with Crippen molar-refractivity contribution in [1.82, 2.24) is 14.9 Å². The molecular weight excluding hydrogens is 395 g/mol. The minimum Gasteiger partial charge on any atom is -0.359 e. The Kier molecular flexibility index (Phi) is 9.45. The Morgan fingerprint density at radius 3 is 2.55 bits per heavy atom. The van der Waals surface area contributed by atoms with Gasteiger partial charge in [-0.3, -0.25) is 4.79 Å². The smallest absolute Gasteiger partial charge is 0.242 e. The molecule has 162 valence electrons. The van der Waals surface area contributed by atoms with Gasteiger partial charge in [-0.05, 0) is 44.9 Å². The largest absolute Gasteiger partial charge is 0.359 e. The summed E-state index contributed by atoms with van der Waals surface area (Å²) in [5.74, 6) is -1.15. The van der Waals surface area contributed by atoms with E-state index in [1.54, 1.807) is 32.7 Å². The van der Waals surface area contributed by atoms with E-state index in [0.717, 1.165) is 18.2 Å². The number of nitrogens with one attached hydrogen (secondary N) is 2. The molecule has 2 N–H and O–H groups in total. The number of nitrogens with zero attached hydrogens (tertiary/aromatic N) is 2. The van der Waals surface area contributed by atoms with Crippen LogP contribution >= 0.6 is 0 Å². The molecule has 1 rings (SSSR count). The topological polar surface area (TPSA) is 90.9 Å². The van der Waals surface area contributed by atoms with Crippen molar-refractivity contribution >= 4 is 22.3 Å². The third kappa shape index (κ3) is 7.58. The van der Waals surface area contributed by atoms with Crippen LogP contribution in [0.1, 0.15) is 39.7 Å². The van der Waals surface area contributed by atoms with E-state index in [1.807, 2.05) is 19.9 Å². The van der Waals surface area contributed by atoms with E-state index in [0.29, 0.717) is 5.56 Å². The van der Waals surface area contributed by atoms with E-state index in [4.69, 9.17) is 0 Å².